The van der Waals surface area contributed by atoms with E-state index in [9.17, 15) is 0 Å². The molecular weight excluding hydrogens is 90.1 g/mol. The van der Waals surface area contributed by atoms with Crippen LogP contribution in [0.1, 0.15) is 0 Å². The smallest absolute Gasteiger partial charge is 0.134 e. The zero-order chi connectivity index (χ0) is 5.11. The first-order chi connectivity index (χ1) is 3.43. The van der Waals surface area contributed by atoms with Gasteiger partial charge in [0.1, 0.15) is 6.23 Å². The van der Waals surface area contributed by atoms with Crippen molar-refractivity contribution in [3.63, 3.8) is 0 Å². The lowest BCUT2D eigenvalue weighted by atomic mass is 10.5. The van der Waals surface area contributed by atoms with Crippen molar-refractivity contribution < 1.29 is 4.74 Å². The summed E-state index contributed by atoms with van der Waals surface area (Å²) < 4.78 is 4.86. The van der Waals surface area contributed by atoms with E-state index in [1.54, 1.807) is 7.11 Å². The minimum absolute atomic E-state index is 0.0417. The second kappa shape index (κ2) is 2.09. The van der Waals surface area contributed by atoms with Gasteiger partial charge in [-0.25, -0.2) is 0 Å². The first kappa shape index (κ1) is 4.81. The third-order valence-corrected chi connectivity index (χ3v) is 0.910. The van der Waals surface area contributed by atoms with Crippen molar-refractivity contribution in [2.24, 2.45) is 0 Å². The molecule has 0 saturated carbocycles. The van der Waals surface area contributed by atoms with Gasteiger partial charge in [-0.2, -0.15) is 0 Å². The summed E-state index contributed by atoms with van der Waals surface area (Å²) in [6.07, 6.45) is 4.91. The van der Waals surface area contributed by atoms with Crippen molar-refractivity contribution in [2.75, 3.05) is 13.7 Å². The van der Waals surface area contributed by atoms with E-state index >= 15 is 0 Å². The van der Waals surface area contributed by atoms with Gasteiger partial charge < -0.3 is 4.74 Å². The van der Waals surface area contributed by atoms with Gasteiger partial charge >= 0.3 is 0 Å². The molecule has 1 radical (unpaired) electrons. The van der Waals surface area contributed by atoms with Gasteiger partial charge in [-0.15, -0.1) is 0 Å². The average molecular weight is 98.1 g/mol. The summed E-state index contributed by atoms with van der Waals surface area (Å²) in [5.74, 6) is 0. The largest absolute Gasteiger partial charge is 0.362 e. The second-order valence-corrected chi connectivity index (χ2v) is 1.39. The molecule has 2 heteroatoms. The highest BCUT2D eigenvalue weighted by molar-refractivity contribution is 4.89. The molecular formula is C5H8NO. The van der Waals surface area contributed by atoms with E-state index in [4.69, 9.17) is 4.74 Å². The molecule has 1 aliphatic rings. The fourth-order valence-electron chi connectivity index (χ4n) is 0.542. The van der Waals surface area contributed by atoms with Crippen LogP contribution in [0.15, 0.2) is 6.08 Å². The van der Waals surface area contributed by atoms with Crippen molar-refractivity contribution in [2.45, 2.75) is 6.23 Å². The molecule has 1 heterocycles. The highest BCUT2D eigenvalue weighted by Crippen LogP contribution is 1.90. The van der Waals surface area contributed by atoms with E-state index in [0.29, 0.717) is 0 Å². The first-order valence-corrected chi connectivity index (χ1v) is 2.27. The van der Waals surface area contributed by atoms with Crippen LogP contribution >= 0.6 is 0 Å². The molecule has 0 bridgehead atoms. The van der Waals surface area contributed by atoms with E-state index < -0.39 is 0 Å². The molecule has 1 N–H and O–H groups in total. The van der Waals surface area contributed by atoms with Gasteiger partial charge in [0.05, 0.1) is 0 Å². The van der Waals surface area contributed by atoms with Gasteiger partial charge in [-0.1, -0.05) is 6.08 Å². The Bertz CT molecular complexity index is 80.1. The Morgan fingerprint density at radius 1 is 2.00 bits per heavy atom. The van der Waals surface area contributed by atoms with Crippen LogP contribution in [0, 0.1) is 6.08 Å². The summed E-state index contributed by atoms with van der Waals surface area (Å²) in [7, 11) is 1.66. The summed E-state index contributed by atoms with van der Waals surface area (Å²) in [5, 5.41) is 3.02. The molecule has 2 nitrogen and oxygen atoms in total. The van der Waals surface area contributed by atoms with Gasteiger partial charge in [0.15, 0.2) is 0 Å². The molecule has 1 rings (SSSR count). The second-order valence-electron chi connectivity index (χ2n) is 1.39. The Labute approximate surface area is 43.2 Å². The van der Waals surface area contributed by atoms with E-state index in [1.807, 2.05) is 6.08 Å². The Morgan fingerprint density at radius 3 is 3.14 bits per heavy atom. The van der Waals surface area contributed by atoms with Gasteiger partial charge in [-0.3, -0.25) is 5.32 Å². The van der Waals surface area contributed by atoms with E-state index in [2.05, 4.69) is 11.4 Å². The molecule has 39 valence electrons. The number of ether oxygens (including phenoxy) is 1. The standard InChI is InChI=1S/C5H8NO/c1-7-5-3-2-4-6-5/h2,5-6H,4H2,1H3. The van der Waals surface area contributed by atoms with Crippen LogP contribution in [0.2, 0.25) is 0 Å². The topological polar surface area (TPSA) is 21.3 Å². The van der Waals surface area contributed by atoms with Gasteiger partial charge in [0, 0.05) is 13.7 Å². The van der Waals surface area contributed by atoms with Gasteiger partial charge in [-0.05, 0) is 6.08 Å². The minimum atomic E-state index is 0.0417. The Kier molecular flexibility index (Phi) is 1.44. The maximum absolute atomic E-state index is 4.86. The molecule has 0 aromatic rings. The zero-order valence-electron chi connectivity index (χ0n) is 4.27. The Hall–Kier alpha value is -0.340. The van der Waals surface area contributed by atoms with Crippen LogP contribution in [0.25, 0.3) is 0 Å². The highest BCUT2D eigenvalue weighted by atomic mass is 16.5. The van der Waals surface area contributed by atoms with E-state index in [1.165, 1.54) is 0 Å². The molecule has 0 aromatic carbocycles. The van der Waals surface area contributed by atoms with E-state index in [0.717, 1.165) is 6.54 Å². The molecule has 1 aliphatic heterocycles. The average Bonchev–Trinajstić information content (AvgIpc) is 2.14. The number of hydrogen-bond acceptors (Lipinski definition) is 2. The summed E-state index contributed by atoms with van der Waals surface area (Å²) in [4.78, 5) is 0. The third-order valence-electron chi connectivity index (χ3n) is 0.910. The molecule has 7 heavy (non-hydrogen) atoms. The molecule has 1 atom stereocenters. The van der Waals surface area contributed by atoms with Crippen LogP contribution in [0.4, 0.5) is 0 Å². The summed E-state index contributed by atoms with van der Waals surface area (Å²) in [6, 6.07) is 0. The predicted octanol–water partition coefficient (Wildman–Crippen LogP) is -0.0785. The van der Waals surface area contributed by atoms with Crippen molar-refractivity contribution in [1.29, 1.82) is 0 Å². The lowest BCUT2D eigenvalue weighted by Gasteiger charge is -2.02. The summed E-state index contributed by atoms with van der Waals surface area (Å²) in [5.41, 5.74) is 0. The fourth-order valence-corrected chi connectivity index (χ4v) is 0.542. The number of nitrogens with one attached hydrogen (secondary N) is 1. The zero-order valence-corrected chi connectivity index (χ0v) is 4.27. The van der Waals surface area contributed by atoms with Crippen molar-refractivity contribution in [3.8, 4) is 0 Å². The van der Waals surface area contributed by atoms with Gasteiger partial charge in [0.2, 0.25) is 0 Å². The van der Waals surface area contributed by atoms with Crippen LogP contribution in [0.5, 0.6) is 0 Å². The fraction of sp³-hybridized carbons (Fsp3) is 0.600. The molecule has 0 saturated heterocycles. The normalized spacial score (nSPS) is 29.0. The Balaban J connectivity index is 2.28. The quantitative estimate of drug-likeness (QED) is 0.495. The van der Waals surface area contributed by atoms with E-state index in [-0.39, 0.29) is 6.23 Å². The Morgan fingerprint density at radius 2 is 2.86 bits per heavy atom. The molecule has 0 amide bonds. The molecule has 1 unspecified atom stereocenters. The first-order valence-electron chi connectivity index (χ1n) is 2.27. The summed E-state index contributed by atoms with van der Waals surface area (Å²) in [6.45, 7) is 0.887. The maximum atomic E-state index is 4.86. The van der Waals surface area contributed by atoms with Crippen LogP contribution in [-0.4, -0.2) is 19.9 Å². The van der Waals surface area contributed by atoms with Crippen molar-refractivity contribution in [3.05, 3.63) is 12.2 Å². The number of methoxy groups -OCH3 is 1. The minimum Gasteiger partial charge on any atom is -0.362 e. The maximum Gasteiger partial charge on any atom is 0.134 e. The molecule has 0 spiro atoms. The van der Waals surface area contributed by atoms with Crippen LogP contribution < -0.4 is 5.32 Å². The number of rotatable bonds is 1. The summed E-state index contributed by atoms with van der Waals surface area (Å²) >= 11 is 0. The van der Waals surface area contributed by atoms with Crippen molar-refractivity contribution >= 4 is 0 Å². The van der Waals surface area contributed by atoms with Gasteiger partial charge in [0.25, 0.3) is 0 Å². The van der Waals surface area contributed by atoms with Crippen molar-refractivity contribution in [1.82, 2.24) is 5.32 Å². The molecule has 0 aliphatic carbocycles. The molecule has 0 fully saturated rings. The predicted molar refractivity (Wildman–Crippen MR) is 26.6 cm³/mol. The highest BCUT2D eigenvalue weighted by Gasteiger charge is 2.03. The van der Waals surface area contributed by atoms with Crippen LogP contribution in [-0.2, 0) is 4.74 Å². The lowest BCUT2D eigenvalue weighted by Crippen LogP contribution is -2.23. The number of hydrogen-bond donors (Lipinski definition) is 1. The molecule has 0 aromatic heterocycles. The monoisotopic (exact) mass is 98.1 g/mol. The SMILES string of the molecule is COC1[C]=CCN1. The third kappa shape index (κ3) is 1.01. The van der Waals surface area contributed by atoms with Crippen LogP contribution in [0.3, 0.4) is 0 Å². The lowest BCUT2D eigenvalue weighted by molar-refractivity contribution is 0.117.